The maximum atomic E-state index is 12.5. The number of halogens is 1. The number of rotatable bonds is 4. The number of imide groups is 1. The maximum Gasteiger partial charge on any atom is 0.261 e. The van der Waals surface area contributed by atoms with Crippen molar-refractivity contribution >= 4 is 44.8 Å². The largest absolute Gasteiger partial charge is 0.280 e. The zero-order chi connectivity index (χ0) is 17.3. The van der Waals surface area contributed by atoms with Crippen LogP contribution in [0, 0.1) is 0 Å². The van der Waals surface area contributed by atoms with E-state index < -0.39 is 10.0 Å². The molecule has 2 aromatic carbocycles. The molecule has 0 unspecified atom stereocenters. The molecular formula is C16H13ClN2O4S. The van der Waals surface area contributed by atoms with Crippen LogP contribution in [0.25, 0.3) is 0 Å². The number of sulfonamides is 1. The van der Waals surface area contributed by atoms with E-state index in [4.69, 9.17) is 11.6 Å². The summed E-state index contributed by atoms with van der Waals surface area (Å²) in [6.45, 7) is 0. The van der Waals surface area contributed by atoms with Crippen LogP contribution in [0.5, 0.6) is 0 Å². The minimum atomic E-state index is -3.88. The molecule has 0 atom stereocenters. The van der Waals surface area contributed by atoms with Gasteiger partial charge in [0.1, 0.15) is 0 Å². The second-order valence-electron chi connectivity index (χ2n) is 5.24. The summed E-state index contributed by atoms with van der Waals surface area (Å²) < 4.78 is 27.4. The minimum absolute atomic E-state index is 0.0486. The number of benzene rings is 2. The third kappa shape index (κ3) is 3.27. The Bertz CT molecular complexity index is 911. The van der Waals surface area contributed by atoms with Crippen molar-refractivity contribution in [1.82, 2.24) is 0 Å². The molecule has 1 heterocycles. The first-order chi connectivity index (χ1) is 11.4. The Kier molecular flexibility index (Phi) is 4.29. The van der Waals surface area contributed by atoms with Gasteiger partial charge in [0.15, 0.2) is 0 Å². The molecule has 0 spiro atoms. The molecule has 124 valence electrons. The van der Waals surface area contributed by atoms with Gasteiger partial charge in [-0.05, 0) is 36.4 Å². The van der Waals surface area contributed by atoms with Crippen molar-refractivity contribution in [3.8, 4) is 0 Å². The molecule has 3 rings (SSSR count). The van der Waals surface area contributed by atoms with Crippen LogP contribution in [0.1, 0.15) is 12.8 Å². The molecule has 6 nitrogen and oxygen atoms in total. The summed E-state index contributed by atoms with van der Waals surface area (Å²) in [5.41, 5.74) is 0.567. The smallest absolute Gasteiger partial charge is 0.261 e. The van der Waals surface area contributed by atoms with Crippen molar-refractivity contribution in [2.75, 3.05) is 9.62 Å². The Morgan fingerprint density at radius 3 is 2.29 bits per heavy atom. The predicted octanol–water partition coefficient (Wildman–Crippen LogP) is 2.79. The van der Waals surface area contributed by atoms with E-state index in [9.17, 15) is 18.0 Å². The molecule has 1 aliphatic heterocycles. The fourth-order valence-electron chi connectivity index (χ4n) is 2.42. The third-order valence-electron chi connectivity index (χ3n) is 3.51. The Balaban J connectivity index is 1.93. The van der Waals surface area contributed by atoms with E-state index in [-0.39, 0.29) is 35.2 Å². The fourth-order valence-corrected chi connectivity index (χ4v) is 3.70. The van der Waals surface area contributed by atoms with Crippen molar-refractivity contribution in [3.63, 3.8) is 0 Å². The number of carbonyl (C=O) groups is 2. The lowest BCUT2D eigenvalue weighted by molar-refractivity contribution is -0.121. The average molecular weight is 365 g/mol. The van der Waals surface area contributed by atoms with E-state index in [0.29, 0.717) is 10.7 Å². The highest BCUT2D eigenvalue weighted by molar-refractivity contribution is 7.92. The summed E-state index contributed by atoms with van der Waals surface area (Å²) in [4.78, 5) is 24.6. The highest BCUT2D eigenvalue weighted by Crippen LogP contribution is 2.26. The lowest BCUT2D eigenvalue weighted by Gasteiger charge is -2.15. The molecule has 24 heavy (non-hydrogen) atoms. The van der Waals surface area contributed by atoms with Gasteiger partial charge in [-0.3, -0.25) is 19.2 Å². The molecule has 1 aliphatic rings. The van der Waals surface area contributed by atoms with Crippen LogP contribution < -0.4 is 9.62 Å². The quantitative estimate of drug-likeness (QED) is 0.845. The normalized spacial score (nSPS) is 15.0. The van der Waals surface area contributed by atoms with E-state index in [1.165, 1.54) is 30.3 Å². The van der Waals surface area contributed by atoms with Crippen molar-refractivity contribution in [3.05, 3.63) is 53.6 Å². The number of anilines is 2. The Morgan fingerprint density at radius 2 is 1.62 bits per heavy atom. The third-order valence-corrected chi connectivity index (χ3v) is 5.13. The molecule has 2 amide bonds. The van der Waals surface area contributed by atoms with Crippen LogP contribution >= 0.6 is 11.6 Å². The average Bonchev–Trinajstić information content (AvgIpc) is 2.86. The fraction of sp³-hybridized carbons (Fsp3) is 0.125. The molecule has 0 radical (unpaired) electrons. The van der Waals surface area contributed by atoms with Gasteiger partial charge in [-0.15, -0.1) is 0 Å². The summed E-state index contributed by atoms with van der Waals surface area (Å²) in [5.74, 6) is -0.672. The van der Waals surface area contributed by atoms with Crippen LogP contribution in [0.2, 0.25) is 5.02 Å². The predicted molar refractivity (Wildman–Crippen MR) is 90.4 cm³/mol. The first-order valence-corrected chi connectivity index (χ1v) is 8.97. The number of amides is 2. The van der Waals surface area contributed by atoms with Gasteiger partial charge in [0, 0.05) is 17.9 Å². The minimum Gasteiger partial charge on any atom is -0.280 e. The van der Waals surface area contributed by atoms with Crippen molar-refractivity contribution in [2.45, 2.75) is 17.7 Å². The summed E-state index contributed by atoms with van der Waals surface area (Å²) in [5, 5.41) is 0.400. The Labute approximate surface area is 144 Å². The van der Waals surface area contributed by atoms with Crippen LogP contribution in [0.4, 0.5) is 11.4 Å². The van der Waals surface area contributed by atoms with Gasteiger partial charge in [-0.2, -0.15) is 0 Å². The SMILES string of the molecule is O=C1CCC(=O)N1c1cccc(S(=O)(=O)Nc2cccc(Cl)c2)c1. The van der Waals surface area contributed by atoms with Crippen LogP contribution in [-0.4, -0.2) is 20.2 Å². The number of nitrogens with one attached hydrogen (secondary N) is 1. The summed E-state index contributed by atoms with van der Waals surface area (Å²) in [7, 11) is -3.88. The number of hydrogen-bond donors (Lipinski definition) is 1. The molecule has 1 N–H and O–H groups in total. The van der Waals surface area contributed by atoms with E-state index >= 15 is 0 Å². The van der Waals surface area contributed by atoms with Gasteiger partial charge in [0.2, 0.25) is 11.8 Å². The molecular weight excluding hydrogens is 352 g/mol. The molecule has 0 saturated carbocycles. The highest BCUT2D eigenvalue weighted by Gasteiger charge is 2.31. The zero-order valence-corrected chi connectivity index (χ0v) is 14.0. The zero-order valence-electron chi connectivity index (χ0n) is 12.4. The van der Waals surface area contributed by atoms with Crippen molar-refractivity contribution in [2.24, 2.45) is 0 Å². The van der Waals surface area contributed by atoms with Crippen LogP contribution in [0.15, 0.2) is 53.4 Å². The van der Waals surface area contributed by atoms with Gasteiger partial charge in [-0.1, -0.05) is 23.7 Å². The standard InChI is InChI=1S/C16H13ClN2O4S/c17-11-3-1-4-12(9-11)18-24(22,23)14-6-2-5-13(10-14)19-15(20)7-8-16(19)21/h1-6,9-10,18H,7-8H2. The van der Waals surface area contributed by atoms with E-state index in [1.54, 1.807) is 18.2 Å². The molecule has 1 saturated heterocycles. The second kappa shape index (κ2) is 6.26. The van der Waals surface area contributed by atoms with Crippen molar-refractivity contribution < 1.29 is 18.0 Å². The first-order valence-electron chi connectivity index (χ1n) is 7.11. The lowest BCUT2D eigenvalue weighted by atomic mass is 10.3. The summed E-state index contributed by atoms with van der Waals surface area (Å²) >= 11 is 5.85. The van der Waals surface area contributed by atoms with Crippen LogP contribution in [0.3, 0.4) is 0 Å². The summed E-state index contributed by atoms with van der Waals surface area (Å²) in [6, 6.07) is 12.0. The monoisotopic (exact) mass is 364 g/mol. The molecule has 2 aromatic rings. The van der Waals surface area contributed by atoms with E-state index in [2.05, 4.69) is 4.72 Å². The molecule has 8 heteroatoms. The Hall–Kier alpha value is -2.38. The summed E-state index contributed by atoms with van der Waals surface area (Å²) in [6.07, 6.45) is 0.271. The van der Waals surface area contributed by atoms with E-state index in [0.717, 1.165) is 4.90 Å². The van der Waals surface area contributed by atoms with Gasteiger partial charge >= 0.3 is 0 Å². The van der Waals surface area contributed by atoms with Gasteiger partial charge in [0.05, 0.1) is 16.3 Å². The first kappa shape index (κ1) is 16.5. The second-order valence-corrected chi connectivity index (χ2v) is 7.35. The number of hydrogen-bond acceptors (Lipinski definition) is 4. The number of carbonyl (C=O) groups excluding carboxylic acids is 2. The molecule has 0 aliphatic carbocycles. The van der Waals surface area contributed by atoms with Gasteiger partial charge in [0.25, 0.3) is 10.0 Å². The molecule has 0 aromatic heterocycles. The highest BCUT2D eigenvalue weighted by atomic mass is 35.5. The maximum absolute atomic E-state index is 12.5. The van der Waals surface area contributed by atoms with E-state index in [1.807, 2.05) is 0 Å². The molecule has 0 bridgehead atoms. The molecule has 1 fully saturated rings. The van der Waals surface area contributed by atoms with Gasteiger partial charge < -0.3 is 0 Å². The van der Waals surface area contributed by atoms with Gasteiger partial charge in [-0.25, -0.2) is 8.42 Å². The Morgan fingerprint density at radius 1 is 0.958 bits per heavy atom. The number of nitrogens with zero attached hydrogens (tertiary/aromatic N) is 1. The lowest BCUT2D eigenvalue weighted by Crippen LogP contribution is -2.28. The van der Waals surface area contributed by atoms with Crippen LogP contribution in [-0.2, 0) is 19.6 Å². The van der Waals surface area contributed by atoms with Crippen molar-refractivity contribution in [1.29, 1.82) is 0 Å². The topological polar surface area (TPSA) is 83.6 Å².